The number of nitrogens with one attached hydrogen (secondary N) is 2. The van der Waals surface area contributed by atoms with Crippen LogP contribution in [0.25, 0.3) is 10.2 Å². The number of carbonyl (C=O) groups is 2. The van der Waals surface area contributed by atoms with Gasteiger partial charge < -0.3 is 26.4 Å². The van der Waals surface area contributed by atoms with Crippen LogP contribution < -0.4 is 21.3 Å². The van der Waals surface area contributed by atoms with Gasteiger partial charge in [-0.3, -0.25) is 4.79 Å². The van der Waals surface area contributed by atoms with Crippen molar-refractivity contribution in [3.63, 3.8) is 0 Å². The summed E-state index contributed by atoms with van der Waals surface area (Å²) < 4.78 is 15.9. The van der Waals surface area contributed by atoms with E-state index in [1.807, 2.05) is 0 Å². The molecule has 2 heterocycles. The second-order valence-electron chi connectivity index (χ2n) is 6.51. The topological polar surface area (TPSA) is 121 Å². The van der Waals surface area contributed by atoms with Crippen LogP contribution in [-0.2, 0) is 4.79 Å². The summed E-state index contributed by atoms with van der Waals surface area (Å²) in [6, 6.07) is 9.44. The third-order valence-electron chi connectivity index (χ3n) is 4.72. The summed E-state index contributed by atoms with van der Waals surface area (Å²) in [5.41, 5.74) is 6.78. The average molecular weight is 436 g/mol. The number of carbonyl (C=O) groups excluding carboxylic acids is 1. The number of halogens is 2. The van der Waals surface area contributed by atoms with Gasteiger partial charge in [-0.15, -0.1) is 0 Å². The highest BCUT2D eigenvalue weighted by Crippen LogP contribution is 2.43. The van der Waals surface area contributed by atoms with Gasteiger partial charge in [0, 0.05) is 12.1 Å². The monoisotopic (exact) mass is 435 g/mol. The summed E-state index contributed by atoms with van der Waals surface area (Å²) in [5.74, 6) is -4.10. The molecule has 1 aromatic heterocycles. The van der Waals surface area contributed by atoms with Crippen molar-refractivity contribution in [3.8, 4) is 0 Å². The Morgan fingerprint density at radius 1 is 1.38 bits per heavy atom. The van der Waals surface area contributed by atoms with E-state index in [4.69, 9.17) is 17.3 Å². The van der Waals surface area contributed by atoms with Crippen LogP contribution >= 0.6 is 22.9 Å². The van der Waals surface area contributed by atoms with E-state index in [0.29, 0.717) is 27.0 Å². The molecule has 0 aliphatic carbocycles. The van der Waals surface area contributed by atoms with E-state index in [-0.39, 0.29) is 5.56 Å². The molecule has 11 heteroatoms. The lowest BCUT2D eigenvalue weighted by atomic mass is 10.1. The molecule has 2 unspecified atom stereocenters. The molecule has 0 saturated carbocycles. The van der Waals surface area contributed by atoms with Gasteiger partial charge in [-0.1, -0.05) is 22.9 Å². The Bertz CT molecular complexity index is 1160. The number of fused-ring (bicyclic) bond motifs is 2. The molecule has 2 atom stereocenters. The SMILES string of the molecule is CN1c2ccc(C(=O)O)cc2NC1(Nc1nc2ccc(Cl)cc2s1)C(F)C(N)=O. The van der Waals surface area contributed by atoms with Gasteiger partial charge >= 0.3 is 5.97 Å². The van der Waals surface area contributed by atoms with Gasteiger partial charge in [0.05, 0.1) is 27.2 Å². The number of alkyl halides is 1. The maximum atomic E-state index is 15.2. The maximum Gasteiger partial charge on any atom is 0.335 e. The Kier molecular flexibility index (Phi) is 4.47. The summed E-state index contributed by atoms with van der Waals surface area (Å²) in [5, 5.41) is 15.9. The molecule has 1 aliphatic heterocycles. The number of hydrogen-bond donors (Lipinski definition) is 4. The van der Waals surface area contributed by atoms with Crippen molar-refractivity contribution in [1.29, 1.82) is 0 Å². The van der Waals surface area contributed by atoms with Crippen LogP contribution in [0, 0.1) is 0 Å². The zero-order valence-electron chi connectivity index (χ0n) is 14.9. The van der Waals surface area contributed by atoms with Crippen LogP contribution in [0.5, 0.6) is 0 Å². The third-order valence-corrected chi connectivity index (χ3v) is 5.89. The first kappa shape index (κ1) is 19.2. The number of benzene rings is 2. The van der Waals surface area contributed by atoms with Crippen LogP contribution in [0.15, 0.2) is 36.4 Å². The Morgan fingerprint density at radius 3 is 2.83 bits per heavy atom. The van der Waals surface area contributed by atoms with Gasteiger partial charge in [0.25, 0.3) is 5.91 Å². The van der Waals surface area contributed by atoms with Crippen molar-refractivity contribution >= 4 is 61.5 Å². The number of aromatic carboxylic acids is 1. The molecule has 1 aliphatic rings. The van der Waals surface area contributed by atoms with Crippen molar-refractivity contribution in [1.82, 2.24) is 4.98 Å². The van der Waals surface area contributed by atoms with Crippen molar-refractivity contribution in [2.24, 2.45) is 5.73 Å². The largest absolute Gasteiger partial charge is 0.478 e. The standard InChI is InChI=1S/C18H15ClFN5O3S/c1-25-12-5-2-8(16(27)28)6-11(12)23-18(25,14(20)15(21)26)24-17-22-10-4-3-9(19)7-13(10)29-17/h2-7,14,23H,1H3,(H2,21,26)(H,22,24)(H,27,28). The second-order valence-corrected chi connectivity index (χ2v) is 7.98. The van der Waals surface area contributed by atoms with Gasteiger partial charge in [0.1, 0.15) is 0 Å². The Hall–Kier alpha value is -3.11. The number of amides is 1. The maximum absolute atomic E-state index is 15.2. The predicted molar refractivity (Wildman–Crippen MR) is 111 cm³/mol. The molecule has 1 amide bonds. The van der Waals surface area contributed by atoms with Crippen LogP contribution in [-0.4, -0.2) is 41.0 Å². The summed E-state index contributed by atoms with van der Waals surface area (Å²) in [4.78, 5) is 28.9. The van der Waals surface area contributed by atoms with E-state index in [9.17, 15) is 14.7 Å². The molecule has 150 valence electrons. The zero-order chi connectivity index (χ0) is 20.9. The number of aromatic nitrogens is 1. The zero-order valence-corrected chi connectivity index (χ0v) is 16.5. The number of anilines is 3. The van der Waals surface area contributed by atoms with Gasteiger partial charge in [-0.05, 0) is 36.4 Å². The molecular weight excluding hydrogens is 421 g/mol. The van der Waals surface area contributed by atoms with Gasteiger partial charge in [0.15, 0.2) is 5.13 Å². The molecule has 0 spiro atoms. The molecule has 0 saturated heterocycles. The lowest BCUT2D eigenvalue weighted by Crippen LogP contribution is -2.65. The minimum absolute atomic E-state index is 0.0181. The third kappa shape index (κ3) is 3.10. The summed E-state index contributed by atoms with van der Waals surface area (Å²) in [7, 11) is 1.56. The molecule has 0 bridgehead atoms. The summed E-state index contributed by atoms with van der Waals surface area (Å²) in [6.45, 7) is 0. The van der Waals surface area contributed by atoms with Gasteiger partial charge in [-0.25, -0.2) is 14.2 Å². The Labute approximate surface area is 173 Å². The molecule has 3 aromatic rings. The molecule has 0 radical (unpaired) electrons. The lowest BCUT2D eigenvalue weighted by Gasteiger charge is -2.39. The fourth-order valence-corrected chi connectivity index (χ4v) is 4.47. The highest BCUT2D eigenvalue weighted by molar-refractivity contribution is 7.22. The highest BCUT2D eigenvalue weighted by Gasteiger charge is 2.52. The Balaban J connectivity index is 1.78. The molecule has 29 heavy (non-hydrogen) atoms. The van der Waals surface area contributed by atoms with Crippen molar-refractivity contribution in [3.05, 3.63) is 47.0 Å². The second kappa shape index (κ2) is 6.75. The predicted octanol–water partition coefficient (Wildman–Crippen LogP) is 3.10. The first-order valence-electron chi connectivity index (χ1n) is 8.38. The lowest BCUT2D eigenvalue weighted by molar-refractivity contribution is -0.124. The summed E-state index contributed by atoms with van der Waals surface area (Å²) >= 11 is 7.24. The van der Waals surface area contributed by atoms with E-state index in [1.165, 1.54) is 34.4 Å². The number of nitrogens with two attached hydrogens (primary N) is 1. The molecule has 4 rings (SSSR count). The molecular formula is C18H15ClFN5O3S. The summed E-state index contributed by atoms with van der Waals surface area (Å²) in [6.07, 6.45) is -2.19. The molecule has 8 nitrogen and oxygen atoms in total. The van der Waals surface area contributed by atoms with Crippen LogP contribution in [0.1, 0.15) is 10.4 Å². The number of rotatable bonds is 5. The Morgan fingerprint density at radius 2 is 2.14 bits per heavy atom. The van der Waals surface area contributed by atoms with Crippen LogP contribution in [0.4, 0.5) is 20.9 Å². The number of primary amides is 1. The first-order chi connectivity index (χ1) is 13.7. The number of carboxylic acid groups (broad SMARTS) is 1. The van der Waals surface area contributed by atoms with Crippen molar-refractivity contribution < 1.29 is 19.1 Å². The number of nitrogens with zero attached hydrogens (tertiary/aromatic N) is 2. The highest BCUT2D eigenvalue weighted by atomic mass is 35.5. The normalized spacial score (nSPS) is 18.9. The van der Waals surface area contributed by atoms with Crippen LogP contribution in [0.2, 0.25) is 5.02 Å². The van der Waals surface area contributed by atoms with Crippen molar-refractivity contribution in [2.75, 3.05) is 22.6 Å². The molecule has 2 aromatic carbocycles. The number of thiazole rings is 1. The van der Waals surface area contributed by atoms with Gasteiger partial charge in [0.2, 0.25) is 12.0 Å². The number of hydrogen-bond acceptors (Lipinski definition) is 7. The van der Waals surface area contributed by atoms with E-state index >= 15 is 4.39 Å². The minimum Gasteiger partial charge on any atom is -0.478 e. The minimum atomic E-state index is -2.19. The van der Waals surface area contributed by atoms with Gasteiger partial charge in [-0.2, -0.15) is 0 Å². The fraction of sp³-hybridized carbons (Fsp3) is 0.167. The van der Waals surface area contributed by atoms with Crippen molar-refractivity contribution in [2.45, 2.75) is 12.0 Å². The quantitative estimate of drug-likeness (QED) is 0.486. The van der Waals surface area contributed by atoms with E-state index in [1.54, 1.807) is 25.2 Å². The smallest absolute Gasteiger partial charge is 0.335 e. The average Bonchev–Trinajstić information content (AvgIpc) is 3.19. The van der Waals surface area contributed by atoms with E-state index in [2.05, 4.69) is 15.6 Å². The van der Waals surface area contributed by atoms with E-state index in [0.717, 1.165) is 4.70 Å². The van der Waals surface area contributed by atoms with E-state index < -0.39 is 23.8 Å². The number of carboxylic acids is 1. The molecule has 0 fully saturated rings. The first-order valence-corrected chi connectivity index (χ1v) is 9.58. The fourth-order valence-electron chi connectivity index (χ4n) is 3.27. The molecule has 5 N–H and O–H groups in total. The van der Waals surface area contributed by atoms with Crippen LogP contribution in [0.3, 0.4) is 0 Å².